The van der Waals surface area contributed by atoms with Crippen LogP contribution in [0.5, 0.6) is 0 Å². The van der Waals surface area contributed by atoms with Gasteiger partial charge in [0.2, 0.25) is 0 Å². The van der Waals surface area contributed by atoms with Crippen molar-refractivity contribution >= 4 is 17.6 Å². The van der Waals surface area contributed by atoms with Crippen LogP contribution in [0.3, 0.4) is 0 Å². The van der Waals surface area contributed by atoms with Gasteiger partial charge in [-0.2, -0.15) is 0 Å². The van der Waals surface area contributed by atoms with Crippen LogP contribution in [0.2, 0.25) is 0 Å². The quantitative estimate of drug-likeness (QED) is 0.371. The minimum atomic E-state index is -0.766. The number of ether oxygens (including phenoxy) is 1. The maximum atomic E-state index is 11.6. The fourth-order valence-corrected chi connectivity index (χ4v) is 1.05. The van der Waals surface area contributed by atoms with Crippen molar-refractivity contribution in [3.8, 4) is 0 Å². The first-order valence-electron chi connectivity index (χ1n) is 5.09. The number of aromatic nitrogens is 1. The lowest BCUT2D eigenvalue weighted by Crippen LogP contribution is -2.41. The van der Waals surface area contributed by atoms with Gasteiger partial charge in [-0.3, -0.25) is 0 Å². The lowest BCUT2D eigenvalue weighted by Gasteiger charge is -2.23. The largest absolute Gasteiger partial charge is 0.442 e. The molecule has 1 aromatic heterocycles. The second-order valence-electron chi connectivity index (χ2n) is 4.48. The summed E-state index contributed by atoms with van der Waals surface area (Å²) in [6.45, 7) is 5.10. The molecule has 0 unspecified atom stereocenters. The molecule has 8 nitrogen and oxygen atoms in total. The van der Waals surface area contributed by atoms with Crippen LogP contribution in [-0.4, -0.2) is 21.6 Å². The molecule has 1 heterocycles. The van der Waals surface area contributed by atoms with E-state index in [1.165, 1.54) is 6.07 Å². The summed E-state index contributed by atoms with van der Waals surface area (Å²) < 4.78 is 5.03. The Morgan fingerprint density at radius 2 is 2.11 bits per heavy atom. The molecule has 18 heavy (non-hydrogen) atoms. The molecule has 0 bridgehead atoms. The molecule has 98 valence electrons. The van der Waals surface area contributed by atoms with Gasteiger partial charge in [0.15, 0.2) is 6.20 Å². The first-order chi connectivity index (χ1) is 8.20. The normalized spacial score (nSPS) is 10.9. The van der Waals surface area contributed by atoms with Crippen molar-refractivity contribution in [2.24, 2.45) is 5.84 Å². The van der Waals surface area contributed by atoms with E-state index >= 15 is 0 Å². The number of anilines is 1. The monoisotopic (exact) mass is 254 g/mol. The van der Waals surface area contributed by atoms with E-state index in [1.807, 2.05) is 0 Å². The van der Waals surface area contributed by atoms with Crippen LogP contribution < -0.4 is 10.9 Å². The number of nitrogens with zero attached hydrogens (tertiary/aromatic N) is 3. The third-order valence-electron chi connectivity index (χ3n) is 1.79. The molecule has 0 aliphatic carbocycles. The molecule has 1 rings (SSSR count). The van der Waals surface area contributed by atoms with Crippen molar-refractivity contribution in [2.75, 3.05) is 5.01 Å². The van der Waals surface area contributed by atoms with E-state index in [4.69, 9.17) is 10.6 Å². The summed E-state index contributed by atoms with van der Waals surface area (Å²) in [6.07, 6.45) is 0.361. The van der Waals surface area contributed by atoms with E-state index in [0.29, 0.717) is 0 Å². The Bertz CT molecular complexity index is 452. The van der Waals surface area contributed by atoms with Crippen molar-refractivity contribution in [3.05, 3.63) is 28.4 Å². The highest BCUT2D eigenvalue weighted by atomic mass is 16.6. The first-order valence-corrected chi connectivity index (χ1v) is 5.09. The van der Waals surface area contributed by atoms with Crippen molar-refractivity contribution < 1.29 is 14.5 Å². The lowest BCUT2D eigenvalue weighted by atomic mass is 10.2. The number of pyridine rings is 1. The number of hydrazine groups is 1. The fraction of sp³-hybridized carbons (Fsp3) is 0.400. The Labute approximate surface area is 103 Å². The van der Waals surface area contributed by atoms with Crippen molar-refractivity contribution in [1.82, 2.24) is 4.98 Å². The van der Waals surface area contributed by atoms with Crippen LogP contribution in [0.1, 0.15) is 20.8 Å². The molecule has 1 amide bonds. The van der Waals surface area contributed by atoms with Gasteiger partial charge in [-0.15, -0.1) is 0 Å². The maximum Gasteiger partial charge on any atom is 0.429 e. The van der Waals surface area contributed by atoms with E-state index in [1.54, 1.807) is 20.8 Å². The molecule has 0 saturated carbocycles. The summed E-state index contributed by atoms with van der Waals surface area (Å²) in [6, 6.07) is 2.47. The molecule has 2 N–H and O–H groups in total. The zero-order valence-corrected chi connectivity index (χ0v) is 10.3. The Kier molecular flexibility index (Phi) is 3.82. The van der Waals surface area contributed by atoms with Crippen molar-refractivity contribution in [2.45, 2.75) is 26.4 Å². The zero-order chi connectivity index (χ0) is 13.9. The number of carbonyl (C=O) groups excluding carboxylic acids is 1. The van der Waals surface area contributed by atoms with Crippen LogP contribution in [0.15, 0.2) is 18.3 Å². The van der Waals surface area contributed by atoms with Crippen LogP contribution >= 0.6 is 0 Å². The molecular weight excluding hydrogens is 240 g/mol. The molecule has 0 atom stereocenters. The van der Waals surface area contributed by atoms with Crippen LogP contribution in [-0.2, 0) is 4.74 Å². The van der Waals surface area contributed by atoms with Crippen molar-refractivity contribution in [1.29, 1.82) is 0 Å². The summed E-state index contributed by atoms with van der Waals surface area (Å²) in [7, 11) is 0. The summed E-state index contributed by atoms with van der Waals surface area (Å²) in [5.74, 6) is 5.20. The SMILES string of the molecule is CC(C)(C)OC(=O)N(N)c1ccc([N+](=O)[O-])nc1. The van der Waals surface area contributed by atoms with E-state index in [9.17, 15) is 14.9 Å². The van der Waals surface area contributed by atoms with Gasteiger partial charge in [-0.25, -0.2) is 15.6 Å². The standard InChI is InChI=1S/C10H14N4O4/c1-10(2,3)18-9(15)13(11)7-4-5-8(12-6-7)14(16)17/h4-6H,11H2,1-3H3. The first kappa shape index (κ1) is 13.8. The molecule has 1 aromatic rings. The number of nitrogens with two attached hydrogens (primary N) is 1. The average molecular weight is 254 g/mol. The van der Waals surface area contributed by atoms with Gasteiger partial charge in [0, 0.05) is 6.07 Å². The summed E-state index contributed by atoms with van der Waals surface area (Å²) in [4.78, 5) is 24.9. The molecule has 0 saturated heterocycles. The molecule has 0 aliphatic rings. The predicted octanol–water partition coefficient (Wildman–Crippen LogP) is 1.60. The molecule has 0 radical (unpaired) electrons. The highest BCUT2D eigenvalue weighted by Gasteiger charge is 2.22. The van der Waals surface area contributed by atoms with Crippen LogP contribution in [0.25, 0.3) is 0 Å². The third kappa shape index (κ3) is 3.67. The lowest BCUT2D eigenvalue weighted by molar-refractivity contribution is -0.389. The van der Waals surface area contributed by atoms with E-state index < -0.39 is 16.6 Å². The molecule has 0 aliphatic heterocycles. The van der Waals surface area contributed by atoms with Gasteiger partial charge in [-0.1, -0.05) is 0 Å². The van der Waals surface area contributed by atoms with Gasteiger partial charge < -0.3 is 14.9 Å². The highest BCUT2D eigenvalue weighted by molar-refractivity contribution is 5.86. The molecule has 0 fully saturated rings. The fourth-order valence-electron chi connectivity index (χ4n) is 1.05. The molecule has 0 aromatic carbocycles. The number of carbonyl (C=O) groups is 1. The van der Waals surface area contributed by atoms with Crippen LogP contribution in [0.4, 0.5) is 16.3 Å². The number of hydrogen-bond donors (Lipinski definition) is 1. The number of nitro groups is 1. The minimum Gasteiger partial charge on any atom is -0.442 e. The molecule has 0 spiro atoms. The Morgan fingerprint density at radius 3 is 2.50 bits per heavy atom. The molecule has 8 heteroatoms. The van der Waals surface area contributed by atoms with E-state index in [2.05, 4.69) is 4.98 Å². The van der Waals surface area contributed by atoms with Crippen molar-refractivity contribution in [3.63, 3.8) is 0 Å². The van der Waals surface area contributed by atoms with E-state index in [-0.39, 0.29) is 11.5 Å². The smallest absolute Gasteiger partial charge is 0.429 e. The summed E-state index contributed by atoms with van der Waals surface area (Å²) >= 11 is 0. The Balaban J connectivity index is 2.81. The zero-order valence-electron chi connectivity index (χ0n) is 10.3. The van der Waals surface area contributed by atoms with E-state index in [0.717, 1.165) is 17.3 Å². The van der Waals surface area contributed by atoms with Gasteiger partial charge in [0.1, 0.15) is 11.3 Å². The average Bonchev–Trinajstić information content (AvgIpc) is 2.26. The third-order valence-corrected chi connectivity index (χ3v) is 1.79. The Morgan fingerprint density at radius 1 is 1.50 bits per heavy atom. The van der Waals surface area contributed by atoms with Gasteiger partial charge >= 0.3 is 11.9 Å². The topological polar surface area (TPSA) is 112 Å². The highest BCUT2D eigenvalue weighted by Crippen LogP contribution is 2.16. The predicted molar refractivity (Wildman–Crippen MR) is 63.8 cm³/mol. The van der Waals surface area contributed by atoms with Crippen LogP contribution in [0, 0.1) is 10.1 Å². The second kappa shape index (κ2) is 4.96. The minimum absolute atomic E-state index is 0.204. The number of hydrogen-bond acceptors (Lipinski definition) is 6. The van der Waals surface area contributed by atoms with Gasteiger partial charge in [-0.05, 0) is 36.7 Å². The second-order valence-corrected chi connectivity index (χ2v) is 4.48. The summed E-state index contributed by atoms with van der Waals surface area (Å²) in [5.41, 5.74) is -0.474. The maximum absolute atomic E-state index is 11.6. The number of rotatable bonds is 2. The molecular formula is C10H14N4O4. The van der Waals surface area contributed by atoms with Gasteiger partial charge in [0.05, 0.1) is 0 Å². The Hall–Kier alpha value is -2.22. The summed E-state index contributed by atoms with van der Waals surface area (Å²) in [5, 5.41) is 11.1. The van der Waals surface area contributed by atoms with Gasteiger partial charge in [0.25, 0.3) is 0 Å². The number of amides is 1.